The van der Waals surface area contributed by atoms with Crippen LogP contribution in [0.3, 0.4) is 0 Å². The molecule has 1 saturated heterocycles. The van der Waals surface area contributed by atoms with Crippen LogP contribution >= 0.6 is 0 Å². The summed E-state index contributed by atoms with van der Waals surface area (Å²) in [7, 11) is 0. The van der Waals surface area contributed by atoms with E-state index in [1.807, 2.05) is 0 Å². The first-order chi connectivity index (χ1) is 9.19. The van der Waals surface area contributed by atoms with Crippen molar-refractivity contribution < 1.29 is 14.6 Å². The van der Waals surface area contributed by atoms with Crippen LogP contribution in [-0.2, 0) is 11.2 Å². The zero-order valence-electron chi connectivity index (χ0n) is 11.2. The first kappa shape index (κ1) is 13.8. The summed E-state index contributed by atoms with van der Waals surface area (Å²) in [6.45, 7) is 3.55. The third kappa shape index (κ3) is 3.92. The number of aromatic nitrogens is 1. The van der Waals surface area contributed by atoms with Gasteiger partial charge in [-0.3, -0.25) is 0 Å². The molecule has 0 radical (unpaired) electrons. The van der Waals surface area contributed by atoms with Crippen LogP contribution in [0.5, 0.6) is 0 Å². The number of hydrogen-bond acceptors (Lipinski definition) is 4. The Labute approximate surface area is 113 Å². The minimum Gasteiger partial charge on any atom is -0.478 e. The predicted octanol–water partition coefficient (Wildman–Crippen LogP) is 2.32. The summed E-state index contributed by atoms with van der Waals surface area (Å²) in [6, 6.07) is 3.22. The van der Waals surface area contributed by atoms with Gasteiger partial charge in [-0.15, -0.1) is 0 Å². The fourth-order valence-corrected chi connectivity index (χ4v) is 2.21. The van der Waals surface area contributed by atoms with Gasteiger partial charge >= 0.3 is 5.97 Å². The molecule has 1 fully saturated rings. The topological polar surface area (TPSA) is 71.5 Å². The van der Waals surface area contributed by atoms with Gasteiger partial charge in [-0.1, -0.05) is 13.3 Å². The lowest BCUT2D eigenvalue weighted by molar-refractivity contribution is 0.0696. The van der Waals surface area contributed by atoms with Gasteiger partial charge in [-0.2, -0.15) is 0 Å². The number of nitrogens with zero attached hydrogens (tertiary/aromatic N) is 1. The van der Waals surface area contributed by atoms with Crippen molar-refractivity contribution in [1.29, 1.82) is 0 Å². The molecule has 1 atom stereocenters. The van der Waals surface area contributed by atoms with Gasteiger partial charge in [0.1, 0.15) is 5.82 Å². The lowest BCUT2D eigenvalue weighted by atomic mass is 10.1. The van der Waals surface area contributed by atoms with Crippen molar-refractivity contribution in [2.24, 2.45) is 0 Å². The highest BCUT2D eigenvalue weighted by Gasteiger charge is 2.15. The number of aryl methyl sites for hydroxylation is 1. The molecule has 1 aromatic rings. The van der Waals surface area contributed by atoms with Crippen LogP contribution in [0.1, 0.15) is 42.2 Å². The second kappa shape index (κ2) is 6.52. The smallest absolute Gasteiger partial charge is 0.335 e. The zero-order valence-corrected chi connectivity index (χ0v) is 11.2. The van der Waals surface area contributed by atoms with Crippen molar-refractivity contribution in [2.45, 2.75) is 38.7 Å². The Morgan fingerprint density at radius 1 is 1.58 bits per heavy atom. The van der Waals surface area contributed by atoms with E-state index < -0.39 is 5.97 Å². The molecule has 0 aliphatic carbocycles. The molecule has 1 aliphatic heterocycles. The number of nitrogens with one attached hydrogen (secondary N) is 1. The van der Waals surface area contributed by atoms with Gasteiger partial charge in [0.15, 0.2) is 0 Å². The molecule has 2 heterocycles. The maximum Gasteiger partial charge on any atom is 0.335 e. The third-order valence-electron chi connectivity index (χ3n) is 3.17. The number of pyridine rings is 1. The number of anilines is 1. The van der Waals surface area contributed by atoms with Gasteiger partial charge in [-0.25, -0.2) is 9.78 Å². The molecule has 2 rings (SSSR count). The van der Waals surface area contributed by atoms with Crippen molar-refractivity contribution in [3.8, 4) is 0 Å². The van der Waals surface area contributed by atoms with Crippen molar-refractivity contribution in [3.05, 3.63) is 23.4 Å². The second-order valence-corrected chi connectivity index (χ2v) is 4.80. The Bertz CT molecular complexity index is 442. The summed E-state index contributed by atoms with van der Waals surface area (Å²) in [5.74, 6) is -0.293. The third-order valence-corrected chi connectivity index (χ3v) is 3.17. The highest BCUT2D eigenvalue weighted by atomic mass is 16.5. The van der Waals surface area contributed by atoms with Gasteiger partial charge in [0.05, 0.1) is 11.7 Å². The zero-order chi connectivity index (χ0) is 13.7. The molecular formula is C14H20N2O3. The standard InChI is InChI=1S/C14H20N2O3/c1-2-4-11-7-10(14(17)18)8-13(16-11)15-9-12-5-3-6-19-12/h7-8,12H,2-6,9H2,1H3,(H,15,16)(H,17,18). The number of carbonyl (C=O) groups is 1. The van der Waals surface area contributed by atoms with Crippen LogP contribution in [0.25, 0.3) is 0 Å². The van der Waals surface area contributed by atoms with E-state index in [4.69, 9.17) is 9.84 Å². The van der Waals surface area contributed by atoms with Crippen molar-refractivity contribution in [1.82, 2.24) is 4.98 Å². The molecule has 0 bridgehead atoms. The molecule has 5 heteroatoms. The molecule has 1 aliphatic rings. The molecule has 0 amide bonds. The second-order valence-electron chi connectivity index (χ2n) is 4.80. The van der Waals surface area contributed by atoms with E-state index in [1.54, 1.807) is 12.1 Å². The summed E-state index contributed by atoms with van der Waals surface area (Å²) < 4.78 is 5.52. The Kier molecular flexibility index (Phi) is 4.74. The predicted molar refractivity (Wildman–Crippen MR) is 72.7 cm³/mol. The Morgan fingerprint density at radius 3 is 3.05 bits per heavy atom. The maximum absolute atomic E-state index is 11.1. The van der Waals surface area contributed by atoms with Crippen molar-refractivity contribution in [2.75, 3.05) is 18.5 Å². The van der Waals surface area contributed by atoms with E-state index in [9.17, 15) is 4.79 Å². The molecular weight excluding hydrogens is 244 g/mol. The maximum atomic E-state index is 11.1. The molecule has 19 heavy (non-hydrogen) atoms. The van der Waals surface area contributed by atoms with Gasteiger partial charge in [0.2, 0.25) is 0 Å². The lowest BCUT2D eigenvalue weighted by Crippen LogP contribution is -2.19. The van der Waals surface area contributed by atoms with E-state index in [0.29, 0.717) is 12.4 Å². The van der Waals surface area contributed by atoms with E-state index >= 15 is 0 Å². The highest BCUT2D eigenvalue weighted by Crippen LogP contribution is 2.15. The van der Waals surface area contributed by atoms with E-state index in [2.05, 4.69) is 17.2 Å². The monoisotopic (exact) mass is 264 g/mol. The average Bonchev–Trinajstić information content (AvgIpc) is 2.89. The summed E-state index contributed by atoms with van der Waals surface area (Å²) in [4.78, 5) is 15.5. The van der Waals surface area contributed by atoms with Crippen LogP contribution in [0, 0.1) is 0 Å². The quantitative estimate of drug-likeness (QED) is 0.825. The summed E-state index contributed by atoms with van der Waals surface area (Å²) in [6.07, 6.45) is 4.09. The van der Waals surface area contributed by atoms with E-state index in [0.717, 1.165) is 38.0 Å². The Hall–Kier alpha value is -1.62. The van der Waals surface area contributed by atoms with Crippen LogP contribution in [0.2, 0.25) is 0 Å². The molecule has 0 aromatic carbocycles. The summed E-state index contributed by atoms with van der Waals surface area (Å²) in [5.41, 5.74) is 1.10. The van der Waals surface area contributed by atoms with Crippen LogP contribution < -0.4 is 5.32 Å². The minimum atomic E-state index is -0.917. The lowest BCUT2D eigenvalue weighted by Gasteiger charge is -2.12. The number of carboxylic acids is 1. The number of carboxylic acid groups (broad SMARTS) is 1. The number of rotatable bonds is 6. The fourth-order valence-electron chi connectivity index (χ4n) is 2.21. The largest absolute Gasteiger partial charge is 0.478 e. The first-order valence-corrected chi connectivity index (χ1v) is 6.78. The van der Waals surface area contributed by atoms with Crippen molar-refractivity contribution in [3.63, 3.8) is 0 Å². The molecule has 0 spiro atoms. The van der Waals surface area contributed by atoms with E-state index in [1.165, 1.54) is 0 Å². The van der Waals surface area contributed by atoms with Gasteiger partial charge < -0.3 is 15.2 Å². The molecule has 0 saturated carbocycles. The number of hydrogen-bond donors (Lipinski definition) is 2. The summed E-state index contributed by atoms with van der Waals surface area (Å²) in [5, 5.41) is 12.3. The molecule has 5 nitrogen and oxygen atoms in total. The van der Waals surface area contributed by atoms with Crippen LogP contribution in [0.4, 0.5) is 5.82 Å². The number of ether oxygens (including phenoxy) is 1. The number of aromatic carboxylic acids is 1. The Balaban J connectivity index is 2.06. The Morgan fingerprint density at radius 2 is 2.42 bits per heavy atom. The van der Waals surface area contributed by atoms with Gasteiger partial charge in [0, 0.05) is 18.8 Å². The van der Waals surface area contributed by atoms with Crippen LogP contribution in [0.15, 0.2) is 12.1 Å². The fraction of sp³-hybridized carbons (Fsp3) is 0.571. The summed E-state index contributed by atoms with van der Waals surface area (Å²) >= 11 is 0. The van der Waals surface area contributed by atoms with Gasteiger partial charge in [0.25, 0.3) is 0 Å². The molecule has 2 N–H and O–H groups in total. The van der Waals surface area contributed by atoms with E-state index in [-0.39, 0.29) is 11.7 Å². The van der Waals surface area contributed by atoms with Crippen molar-refractivity contribution >= 4 is 11.8 Å². The van der Waals surface area contributed by atoms with Crippen LogP contribution in [-0.4, -0.2) is 35.3 Å². The minimum absolute atomic E-state index is 0.213. The van der Waals surface area contributed by atoms with Gasteiger partial charge in [-0.05, 0) is 31.4 Å². The molecule has 1 aromatic heterocycles. The SMILES string of the molecule is CCCc1cc(C(=O)O)cc(NCC2CCCO2)n1. The average molecular weight is 264 g/mol. The highest BCUT2D eigenvalue weighted by molar-refractivity contribution is 5.88. The molecule has 104 valence electrons. The normalized spacial score (nSPS) is 18.5. The molecule has 1 unspecified atom stereocenters. The first-order valence-electron chi connectivity index (χ1n) is 6.78.